The molecule has 0 aliphatic rings. The first-order valence-electron chi connectivity index (χ1n) is 8.94. The highest BCUT2D eigenvalue weighted by molar-refractivity contribution is 7.15. The molecule has 0 aliphatic carbocycles. The van der Waals surface area contributed by atoms with Gasteiger partial charge < -0.3 is 10.6 Å². The van der Waals surface area contributed by atoms with Crippen LogP contribution in [0, 0.1) is 11.6 Å². The van der Waals surface area contributed by atoms with E-state index < -0.39 is 0 Å². The molecule has 0 saturated carbocycles. The number of hydrogen-bond donors (Lipinski definition) is 2. The molecule has 4 rings (SSSR count). The minimum atomic E-state index is -0.369. The number of thiazole rings is 1. The number of rotatable bonds is 6. The molecule has 6 nitrogen and oxygen atoms in total. The smallest absolute Gasteiger partial charge is 0.315 e. The fourth-order valence-corrected chi connectivity index (χ4v) is 3.66. The molecule has 0 saturated heterocycles. The van der Waals surface area contributed by atoms with Crippen LogP contribution in [0.5, 0.6) is 0 Å². The monoisotopic (exact) mass is 413 g/mol. The number of hydrogen-bond acceptors (Lipinski definition) is 4. The molecule has 0 radical (unpaired) electrons. The Bertz CT molecular complexity index is 1140. The molecule has 29 heavy (non-hydrogen) atoms. The molecule has 0 aliphatic heterocycles. The number of nitrogens with zero attached hydrogens (tertiary/aromatic N) is 3. The Hall–Kier alpha value is -3.33. The maximum Gasteiger partial charge on any atom is 0.315 e. The molecule has 0 unspecified atom stereocenters. The number of nitrogens with one attached hydrogen (secondary N) is 2. The number of benzene rings is 2. The van der Waals surface area contributed by atoms with Crippen molar-refractivity contribution in [3.05, 3.63) is 76.8 Å². The van der Waals surface area contributed by atoms with E-state index in [0.29, 0.717) is 35.9 Å². The lowest BCUT2D eigenvalue weighted by Crippen LogP contribution is -2.36. The number of urea groups is 1. The van der Waals surface area contributed by atoms with E-state index in [0.717, 1.165) is 11.3 Å². The highest BCUT2D eigenvalue weighted by atomic mass is 32.1. The topological polar surface area (TPSA) is 71.3 Å². The van der Waals surface area contributed by atoms with Crippen molar-refractivity contribution < 1.29 is 13.6 Å². The molecule has 2 N–H and O–H groups in total. The van der Waals surface area contributed by atoms with E-state index >= 15 is 0 Å². The third kappa shape index (κ3) is 4.40. The maximum absolute atomic E-state index is 14.0. The molecule has 148 valence electrons. The van der Waals surface area contributed by atoms with Crippen LogP contribution in [0.15, 0.2) is 53.9 Å². The highest BCUT2D eigenvalue weighted by Crippen LogP contribution is 2.23. The summed E-state index contributed by atoms with van der Waals surface area (Å²) >= 11 is 1.41. The van der Waals surface area contributed by atoms with E-state index in [2.05, 4.69) is 20.7 Å². The van der Waals surface area contributed by atoms with Crippen molar-refractivity contribution >= 4 is 22.3 Å². The zero-order valence-electron chi connectivity index (χ0n) is 15.2. The van der Waals surface area contributed by atoms with Gasteiger partial charge in [-0.1, -0.05) is 24.3 Å². The van der Waals surface area contributed by atoms with Gasteiger partial charge in [0.2, 0.25) is 4.96 Å². The molecule has 0 bridgehead atoms. The summed E-state index contributed by atoms with van der Waals surface area (Å²) in [5, 5.41) is 11.8. The molecule has 9 heteroatoms. The van der Waals surface area contributed by atoms with Crippen molar-refractivity contribution in [2.75, 3.05) is 6.54 Å². The molecule has 2 aromatic carbocycles. The standard InChI is InChI=1S/C20H17F2N5OS/c21-14-7-5-13(6-8-14)11-24-19(28)23-10-9-15-12-29-20-25-18(26-27(15)20)16-3-1-2-4-17(16)22/h1-8,12H,9-11H2,(H2,23,24,28). The van der Waals surface area contributed by atoms with Crippen LogP contribution in [0.3, 0.4) is 0 Å². The molecule has 4 aromatic rings. The molecule has 2 amide bonds. The van der Waals surface area contributed by atoms with Crippen molar-refractivity contribution in [1.29, 1.82) is 0 Å². The van der Waals surface area contributed by atoms with E-state index in [1.807, 2.05) is 5.38 Å². The molecule has 2 heterocycles. The van der Waals surface area contributed by atoms with Crippen LogP contribution in [0.2, 0.25) is 0 Å². The van der Waals surface area contributed by atoms with Crippen LogP contribution >= 0.6 is 11.3 Å². The summed E-state index contributed by atoms with van der Waals surface area (Å²) in [7, 11) is 0. The predicted octanol–water partition coefficient (Wildman–Crippen LogP) is 3.78. The van der Waals surface area contributed by atoms with E-state index in [4.69, 9.17) is 0 Å². The Balaban J connectivity index is 1.33. The summed E-state index contributed by atoms with van der Waals surface area (Å²) in [6, 6.07) is 12.0. The number of carbonyl (C=O) groups excluding carboxylic acids is 1. The van der Waals surface area contributed by atoms with Gasteiger partial charge in [-0.3, -0.25) is 0 Å². The number of fused-ring (bicyclic) bond motifs is 1. The zero-order valence-corrected chi connectivity index (χ0v) is 16.0. The van der Waals surface area contributed by atoms with Gasteiger partial charge in [0.25, 0.3) is 0 Å². The molecule has 0 fully saturated rings. The third-order valence-corrected chi connectivity index (χ3v) is 5.16. The maximum atomic E-state index is 14.0. The Morgan fingerprint density at radius 3 is 2.66 bits per heavy atom. The quantitative estimate of drug-likeness (QED) is 0.505. The van der Waals surface area contributed by atoms with E-state index in [1.54, 1.807) is 34.8 Å². The van der Waals surface area contributed by atoms with Gasteiger partial charge in [-0.05, 0) is 29.8 Å². The fourth-order valence-electron chi connectivity index (χ4n) is 2.80. The summed E-state index contributed by atoms with van der Waals surface area (Å²) < 4.78 is 28.5. The summed E-state index contributed by atoms with van der Waals surface area (Å²) in [6.07, 6.45) is 0.546. The Kier molecular flexibility index (Phi) is 5.48. The van der Waals surface area contributed by atoms with Crippen LogP contribution in [-0.4, -0.2) is 27.2 Å². The van der Waals surface area contributed by atoms with Gasteiger partial charge in [-0.2, -0.15) is 4.98 Å². The van der Waals surface area contributed by atoms with Crippen LogP contribution in [0.4, 0.5) is 13.6 Å². The van der Waals surface area contributed by atoms with Gasteiger partial charge in [-0.15, -0.1) is 16.4 Å². The SMILES string of the molecule is O=C(NCCc1csc2nc(-c3ccccc3F)nn12)NCc1ccc(F)cc1. The lowest BCUT2D eigenvalue weighted by molar-refractivity contribution is 0.240. The number of carbonyl (C=O) groups is 1. The first-order valence-corrected chi connectivity index (χ1v) is 9.82. The minimum absolute atomic E-state index is 0.309. The number of halogens is 2. The zero-order chi connectivity index (χ0) is 20.2. The Morgan fingerprint density at radius 1 is 1.07 bits per heavy atom. The summed E-state index contributed by atoms with van der Waals surface area (Å²) in [4.78, 5) is 17.0. The highest BCUT2D eigenvalue weighted by Gasteiger charge is 2.14. The van der Waals surface area contributed by atoms with Gasteiger partial charge in [0, 0.05) is 24.9 Å². The summed E-state index contributed by atoms with van der Waals surface area (Å²) in [5.74, 6) is -0.348. The van der Waals surface area contributed by atoms with E-state index in [-0.39, 0.29) is 17.7 Å². The summed E-state index contributed by atoms with van der Waals surface area (Å²) in [5.41, 5.74) is 2.04. The van der Waals surface area contributed by atoms with Crippen molar-refractivity contribution in [3.8, 4) is 11.4 Å². The lowest BCUT2D eigenvalue weighted by atomic mass is 10.2. The van der Waals surface area contributed by atoms with Crippen molar-refractivity contribution in [2.45, 2.75) is 13.0 Å². The first-order chi connectivity index (χ1) is 14.1. The normalized spacial score (nSPS) is 11.0. The fraction of sp³-hybridized carbons (Fsp3) is 0.150. The molecular weight excluding hydrogens is 396 g/mol. The van der Waals surface area contributed by atoms with Crippen LogP contribution in [0.1, 0.15) is 11.3 Å². The second kappa shape index (κ2) is 8.36. The minimum Gasteiger partial charge on any atom is -0.338 e. The van der Waals surface area contributed by atoms with Crippen molar-refractivity contribution in [2.24, 2.45) is 0 Å². The van der Waals surface area contributed by atoms with Gasteiger partial charge in [-0.25, -0.2) is 18.1 Å². The van der Waals surface area contributed by atoms with Crippen molar-refractivity contribution in [3.63, 3.8) is 0 Å². The van der Waals surface area contributed by atoms with Crippen molar-refractivity contribution in [1.82, 2.24) is 25.2 Å². The Morgan fingerprint density at radius 2 is 1.86 bits per heavy atom. The molecule has 0 spiro atoms. The van der Waals surface area contributed by atoms with E-state index in [9.17, 15) is 13.6 Å². The second-order valence-electron chi connectivity index (χ2n) is 6.32. The average Bonchev–Trinajstić information content (AvgIpc) is 3.29. The van der Waals surface area contributed by atoms with E-state index in [1.165, 1.54) is 29.5 Å². The first kappa shape index (κ1) is 19.0. The lowest BCUT2D eigenvalue weighted by Gasteiger charge is -2.07. The molecule has 2 aromatic heterocycles. The molecular formula is C20H17F2N5OS. The number of aromatic nitrogens is 3. The van der Waals surface area contributed by atoms with Gasteiger partial charge in [0.1, 0.15) is 11.6 Å². The largest absolute Gasteiger partial charge is 0.338 e. The average molecular weight is 413 g/mol. The Labute approximate surface area is 169 Å². The second-order valence-corrected chi connectivity index (χ2v) is 7.16. The van der Waals surface area contributed by atoms with Gasteiger partial charge in [0.15, 0.2) is 5.82 Å². The third-order valence-electron chi connectivity index (χ3n) is 4.30. The van der Waals surface area contributed by atoms with Crippen LogP contribution in [-0.2, 0) is 13.0 Å². The number of amides is 2. The van der Waals surface area contributed by atoms with Gasteiger partial charge >= 0.3 is 6.03 Å². The summed E-state index contributed by atoms with van der Waals surface area (Å²) in [6.45, 7) is 0.708. The van der Waals surface area contributed by atoms with Crippen LogP contribution in [0.25, 0.3) is 16.3 Å². The van der Waals surface area contributed by atoms with Gasteiger partial charge in [0.05, 0.1) is 11.3 Å². The molecule has 0 atom stereocenters. The van der Waals surface area contributed by atoms with Crippen LogP contribution < -0.4 is 10.6 Å². The predicted molar refractivity (Wildman–Crippen MR) is 107 cm³/mol.